The van der Waals surface area contributed by atoms with Gasteiger partial charge in [0, 0.05) is 35.6 Å². The predicted molar refractivity (Wildman–Crippen MR) is 116 cm³/mol. The van der Waals surface area contributed by atoms with Gasteiger partial charge in [0.15, 0.2) is 5.78 Å². The molecule has 0 N–H and O–H groups in total. The highest BCUT2D eigenvalue weighted by Crippen LogP contribution is 2.19. The van der Waals surface area contributed by atoms with Crippen LogP contribution >= 0.6 is 11.6 Å². The number of hydrogen-bond donors (Lipinski definition) is 0. The smallest absolute Gasteiger partial charge is 0.254 e. The lowest BCUT2D eigenvalue weighted by atomic mass is 10.1. The largest absolute Gasteiger partial charge is 0.334 e. The summed E-state index contributed by atoms with van der Waals surface area (Å²) in [6.45, 7) is 0.387. The van der Waals surface area contributed by atoms with Crippen molar-refractivity contribution in [3.63, 3.8) is 0 Å². The number of pyridine rings is 1. The molecule has 0 atom stereocenters. The molecule has 0 aliphatic rings. The van der Waals surface area contributed by atoms with E-state index in [1.165, 1.54) is 0 Å². The average molecular weight is 419 g/mol. The van der Waals surface area contributed by atoms with Crippen LogP contribution in [0.4, 0.5) is 0 Å². The normalized spacial score (nSPS) is 10.9. The summed E-state index contributed by atoms with van der Waals surface area (Å²) in [6.07, 6.45) is 3.17. The summed E-state index contributed by atoms with van der Waals surface area (Å²) in [7, 11) is 1.72. The standard InChI is InChI=1S/C23H19ClN4O2/c1-27(23(30)17-10-12-25-13-11-17)15-22-26-19-4-2-3-5-20(19)28(22)14-21(29)16-6-8-18(24)9-7-16/h2-13H,14-15H2,1H3. The minimum Gasteiger partial charge on any atom is -0.334 e. The highest BCUT2D eigenvalue weighted by molar-refractivity contribution is 6.30. The molecule has 2 aromatic carbocycles. The Bertz CT molecular complexity index is 1200. The Morgan fingerprint density at radius 1 is 0.967 bits per heavy atom. The molecule has 0 saturated carbocycles. The predicted octanol–water partition coefficient (Wildman–Crippen LogP) is 4.24. The lowest BCUT2D eigenvalue weighted by Crippen LogP contribution is -2.28. The molecule has 6 nitrogen and oxygen atoms in total. The number of carbonyl (C=O) groups excluding carboxylic acids is 2. The Morgan fingerprint density at radius 3 is 2.40 bits per heavy atom. The van der Waals surface area contributed by atoms with Crippen molar-refractivity contribution in [1.29, 1.82) is 0 Å². The molecule has 0 aliphatic heterocycles. The first-order valence-corrected chi connectivity index (χ1v) is 9.79. The van der Waals surface area contributed by atoms with E-state index in [1.54, 1.807) is 60.7 Å². The van der Waals surface area contributed by atoms with Crippen LogP contribution in [-0.4, -0.2) is 38.2 Å². The van der Waals surface area contributed by atoms with Crippen LogP contribution in [0.2, 0.25) is 5.02 Å². The molecule has 1 amide bonds. The van der Waals surface area contributed by atoms with Gasteiger partial charge in [0.25, 0.3) is 5.91 Å². The van der Waals surface area contributed by atoms with Crippen molar-refractivity contribution in [2.75, 3.05) is 7.05 Å². The van der Waals surface area contributed by atoms with E-state index in [0.717, 1.165) is 11.0 Å². The van der Waals surface area contributed by atoms with E-state index in [9.17, 15) is 9.59 Å². The molecule has 7 heteroatoms. The van der Waals surface area contributed by atoms with E-state index in [4.69, 9.17) is 11.6 Å². The first kappa shape index (κ1) is 19.8. The van der Waals surface area contributed by atoms with Crippen LogP contribution in [0.5, 0.6) is 0 Å². The van der Waals surface area contributed by atoms with Crippen LogP contribution in [0.3, 0.4) is 0 Å². The molecule has 4 aromatic rings. The number of carbonyl (C=O) groups is 2. The lowest BCUT2D eigenvalue weighted by Gasteiger charge is -2.18. The molecule has 0 saturated heterocycles. The molecule has 150 valence electrons. The number of ketones is 1. The summed E-state index contributed by atoms with van der Waals surface area (Å²) in [5.41, 5.74) is 2.75. The number of aromatic nitrogens is 3. The molecule has 0 spiro atoms. The highest BCUT2D eigenvalue weighted by atomic mass is 35.5. The maximum Gasteiger partial charge on any atom is 0.254 e. The van der Waals surface area contributed by atoms with E-state index in [-0.39, 0.29) is 24.8 Å². The third kappa shape index (κ3) is 4.09. The van der Waals surface area contributed by atoms with Crippen molar-refractivity contribution >= 4 is 34.3 Å². The molecule has 0 bridgehead atoms. The van der Waals surface area contributed by atoms with Gasteiger partial charge in [0.1, 0.15) is 5.82 Å². The van der Waals surface area contributed by atoms with Gasteiger partial charge in [-0.2, -0.15) is 0 Å². The SMILES string of the molecule is CN(Cc1nc2ccccc2n1CC(=O)c1ccc(Cl)cc1)C(=O)c1ccncc1. The third-order valence-corrected chi connectivity index (χ3v) is 5.11. The summed E-state index contributed by atoms with van der Waals surface area (Å²) in [4.78, 5) is 35.8. The van der Waals surface area contributed by atoms with Gasteiger partial charge in [-0.25, -0.2) is 4.98 Å². The third-order valence-electron chi connectivity index (χ3n) is 4.85. The molecule has 4 rings (SSSR count). The number of benzene rings is 2. The summed E-state index contributed by atoms with van der Waals surface area (Å²) < 4.78 is 1.86. The van der Waals surface area contributed by atoms with Crippen molar-refractivity contribution in [2.45, 2.75) is 13.1 Å². The number of imidazole rings is 1. The molecule has 0 aliphatic carbocycles. The number of nitrogens with zero attached hydrogens (tertiary/aromatic N) is 4. The van der Waals surface area contributed by atoms with Crippen LogP contribution in [0.15, 0.2) is 73.1 Å². The van der Waals surface area contributed by atoms with Crippen LogP contribution < -0.4 is 0 Å². The van der Waals surface area contributed by atoms with Crippen molar-refractivity contribution in [3.05, 3.63) is 95.0 Å². The molecule has 0 unspecified atom stereocenters. The molecule has 30 heavy (non-hydrogen) atoms. The monoisotopic (exact) mass is 418 g/mol. The molecular weight excluding hydrogens is 400 g/mol. The first-order chi connectivity index (χ1) is 14.5. The molecule has 2 aromatic heterocycles. The summed E-state index contributed by atoms with van der Waals surface area (Å²) >= 11 is 5.93. The van der Waals surface area contributed by atoms with E-state index >= 15 is 0 Å². The maximum absolute atomic E-state index is 12.9. The van der Waals surface area contributed by atoms with Gasteiger partial charge >= 0.3 is 0 Å². The van der Waals surface area contributed by atoms with Gasteiger partial charge in [-0.1, -0.05) is 23.7 Å². The molecule has 0 radical (unpaired) electrons. The minimum absolute atomic E-state index is 0.0563. The fourth-order valence-electron chi connectivity index (χ4n) is 3.29. The van der Waals surface area contributed by atoms with Gasteiger partial charge in [0.2, 0.25) is 0 Å². The zero-order chi connectivity index (χ0) is 21.1. The number of para-hydroxylation sites is 2. The Hall–Kier alpha value is -3.51. The zero-order valence-corrected chi connectivity index (χ0v) is 17.1. The summed E-state index contributed by atoms with van der Waals surface area (Å²) in [5, 5.41) is 0.580. The maximum atomic E-state index is 12.9. The lowest BCUT2D eigenvalue weighted by molar-refractivity contribution is 0.0780. The Morgan fingerprint density at radius 2 is 1.67 bits per heavy atom. The van der Waals surface area contributed by atoms with Gasteiger partial charge in [-0.15, -0.1) is 0 Å². The van der Waals surface area contributed by atoms with Crippen LogP contribution in [0, 0.1) is 0 Å². The van der Waals surface area contributed by atoms with Gasteiger partial charge < -0.3 is 9.47 Å². The number of halogens is 1. The quantitative estimate of drug-likeness (QED) is 0.439. The number of amides is 1. The fraction of sp³-hybridized carbons (Fsp3) is 0.130. The second kappa shape index (κ2) is 8.47. The van der Waals surface area contributed by atoms with Crippen LogP contribution in [-0.2, 0) is 13.1 Å². The Labute approximate surface area is 178 Å². The fourth-order valence-corrected chi connectivity index (χ4v) is 3.42. The summed E-state index contributed by atoms with van der Waals surface area (Å²) in [6, 6.07) is 17.8. The highest BCUT2D eigenvalue weighted by Gasteiger charge is 2.19. The number of fused-ring (bicyclic) bond motifs is 1. The average Bonchev–Trinajstić information content (AvgIpc) is 3.11. The Kier molecular flexibility index (Phi) is 5.59. The first-order valence-electron chi connectivity index (χ1n) is 9.41. The topological polar surface area (TPSA) is 68.1 Å². The van der Waals surface area contributed by atoms with Gasteiger partial charge in [0.05, 0.1) is 24.1 Å². The molecule has 0 fully saturated rings. The zero-order valence-electron chi connectivity index (χ0n) is 16.3. The Balaban J connectivity index is 1.64. The molecular formula is C23H19ClN4O2. The minimum atomic E-state index is -0.139. The van der Waals surface area contributed by atoms with Crippen LogP contribution in [0.1, 0.15) is 26.5 Å². The number of Topliss-reactive ketones (excluding diaryl/α,β-unsaturated/α-hetero) is 1. The van der Waals surface area contributed by atoms with Crippen molar-refractivity contribution in [2.24, 2.45) is 0 Å². The summed E-state index contributed by atoms with van der Waals surface area (Å²) in [5.74, 6) is 0.447. The van der Waals surface area contributed by atoms with E-state index in [1.807, 2.05) is 28.8 Å². The van der Waals surface area contributed by atoms with E-state index < -0.39 is 0 Å². The van der Waals surface area contributed by atoms with E-state index in [0.29, 0.717) is 22.0 Å². The van der Waals surface area contributed by atoms with Crippen molar-refractivity contribution < 1.29 is 9.59 Å². The number of hydrogen-bond acceptors (Lipinski definition) is 4. The van der Waals surface area contributed by atoms with Crippen molar-refractivity contribution in [1.82, 2.24) is 19.4 Å². The van der Waals surface area contributed by atoms with Crippen molar-refractivity contribution in [3.8, 4) is 0 Å². The number of rotatable bonds is 6. The van der Waals surface area contributed by atoms with Gasteiger partial charge in [-0.3, -0.25) is 14.6 Å². The van der Waals surface area contributed by atoms with Gasteiger partial charge in [-0.05, 0) is 48.5 Å². The molecule has 2 heterocycles. The van der Waals surface area contributed by atoms with Crippen LogP contribution in [0.25, 0.3) is 11.0 Å². The van der Waals surface area contributed by atoms with E-state index in [2.05, 4.69) is 9.97 Å². The second-order valence-electron chi connectivity index (χ2n) is 6.93. The second-order valence-corrected chi connectivity index (χ2v) is 7.37.